The molecule has 35 heavy (non-hydrogen) atoms. The van der Waals surface area contributed by atoms with Gasteiger partial charge in [-0.15, -0.1) is 0 Å². The second-order valence-corrected chi connectivity index (χ2v) is 8.09. The zero-order valence-electron chi connectivity index (χ0n) is 19.7. The van der Waals surface area contributed by atoms with Gasteiger partial charge < -0.3 is 26.2 Å². The molecule has 0 atom stereocenters. The van der Waals surface area contributed by atoms with Crippen molar-refractivity contribution in [3.05, 3.63) is 70.8 Å². The van der Waals surface area contributed by atoms with Crippen molar-refractivity contribution < 1.29 is 19.4 Å². The Labute approximate surface area is 203 Å². The molecule has 2 aromatic rings. The molecule has 10 heteroatoms. The van der Waals surface area contributed by atoms with Gasteiger partial charge >= 0.3 is 5.97 Å². The number of carboxylic acid groups (broad SMARTS) is 1. The normalized spacial score (nSPS) is 14.2. The Morgan fingerprint density at radius 1 is 1.23 bits per heavy atom. The number of methoxy groups -OCH3 is 1. The number of amides is 1. The molecule has 0 unspecified atom stereocenters. The third-order valence-electron chi connectivity index (χ3n) is 5.39. The van der Waals surface area contributed by atoms with E-state index in [1.807, 2.05) is 6.07 Å². The first kappa shape index (κ1) is 25.0. The van der Waals surface area contributed by atoms with Crippen molar-refractivity contribution in [1.29, 1.82) is 5.26 Å². The van der Waals surface area contributed by atoms with E-state index < -0.39 is 5.97 Å². The van der Waals surface area contributed by atoms with Crippen LogP contribution in [0.4, 0.5) is 5.69 Å². The average Bonchev–Trinajstić information content (AvgIpc) is 3.65. The van der Waals surface area contributed by atoms with Gasteiger partial charge in [-0.05, 0) is 29.7 Å². The lowest BCUT2D eigenvalue weighted by Gasteiger charge is -2.23. The van der Waals surface area contributed by atoms with E-state index in [0.717, 1.165) is 5.92 Å². The van der Waals surface area contributed by atoms with Gasteiger partial charge in [-0.2, -0.15) is 5.26 Å². The lowest BCUT2D eigenvalue weighted by Crippen LogP contribution is -2.43. The molecule has 1 aliphatic carbocycles. The number of nitrogens with two attached hydrogens (primary N) is 1. The van der Waals surface area contributed by atoms with Crippen molar-refractivity contribution in [3.8, 4) is 22.9 Å². The minimum absolute atomic E-state index is 0.0355. The summed E-state index contributed by atoms with van der Waals surface area (Å²) in [6.45, 7) is 2.28. The van der Waals surface area contributed by atoms with Gasteiger partial charge in [0.25, 0.3) is 5.91 Å². The number of hydrazine groups is 1. The minimum Gasteiger partial charge on any atom is -0.494 e. The summed E-state index contributed by atoms with van der Waals surface area (Å²) in [6, 6.07) is 11.7. The van der Waals surface area contributed by atoms with E-state index in [2.05, 4.69) is 28.4 Å². The van der Waals surface area contributed by atoms with E-state index in [9.17, 15) is 20.0 Å². The van der Waals surface area contributed by atoms with Crippen LogP contribution in [0.5, 0.6) is 5.75 Å². The number of para-hydroxylation sites is 1. The van der Waals surface area contributed by atoms with Gasteiger partial charge in [0.1, 0.15) is 23.3 Å². The first-order valence-corrected chi connectivity index (χ1v) is 11.0. The molecule has 1 amide bonds. The Morgan fingerprint density at radius 3 is 2.51 bits per heavy atom. The molecular weight excluding hydrogens is 448 g/mol. The Morgan fingerprint density at radius 2 is 1.94 bits per heavy atom. The predicted octanol–water partition coefficient (Wildman–Crippen LogP) is 2.63. The largest absolute Gasteiger partial charge is 0.494 e. The van der Waals surface area contributed by atoms with E-state index in [1.165, 1.54) is 39.1 Å². The highest BCUT2D eigenvalue weighted by Crippen LogP contribution is 2.38. The third kappa shape index (κ3) is 6.03. The second-order valence-electron chi connectivity index (χ2n) is 8.09. The first-order chi connectivity index (χ1) is 16.8. The van der Waals surface area contributed by atoms with Crippen LogP contribution in [-0.4, -0.2) is 31.1 Å². The summed E-state index contributed by atoms with van der Waals surface area (Å²) in [4.78, 5) is 23.5. The maximum Gasteiger partial charge on any atom is 0.337 e. The standard InChI is InChI=1S/C21H20N6O4.C4H8/c1-24-20(28)18-16(9-17(23)26-27-18)25-15-5-3-4-13(19(15)31-2)11-6-7-14(21(29)30)12(8-11)10-22;1-4-2-3-4/h3-9,25-27H,23H2,1-2H3,(H,24,28)(H,29,30);4H,2-3H2,1H3. The van der Waals surface area contributed by atoms with Crippen LogP contribution in [0.3, 0.4) is 0 Å². The minimum atomic E-state index is -1.18. The monoisotopic (exact) mass is 476 g/mol. The number of aromatic carboxylic acids is 1. The second kappa shape index (κ2) is 11.0. The van der Waals surface area contributed by atoms with E-state index in [1.54, 1.807) is 30.3 Å². The number of hydrogen-bond donors (Lipinski definition) is 6. The molecule has 0 bridgehead atoms. The summed E-state index contributed by atoms with van der Waals surface area (Å²) in [7, 11) is 2.99. The van der Waals surface area contributed by atoms with E-state index in [4.69, 9.17) is 10.5 Å². The number of ether oxygens (including phenoxy) is 1. The molecular formula is C25H28N6O4. The van der Waals surface area contributed by atoms with Crippen LogP contribution in [0.25, 0.3) is 11.1 Å². The Hall–Kier alpha value is -4.65. The van der Waals surface area contributed by atoms with Gasteiger partial charge in [0.05, 0.1) is 29.6 Å². The molecule has 1 heterocycles. The fraction of sp³-hybridized carbons (Fsp3) is 0.240. The molecule has 1 saturated carbocycles. The topological polar surface area (TPSA) is 162 Å². The van der Waals surface area contributed by atoms with E-state index in [-0.39, 0.29) is 22.7 Å². The molecule has 1 fully saturated rings. The zero-order valence-corrected chi connectivity index (χ0v) is 19.7. The van der Waals surface area contributed by atoms with Crippen LogP contribution in [0.15, 0.2) is 59.7 Å². The van der Waals surface area contributed by atoms with Crippen LogP contribution in [0.2, 0.25) is 0 Å². The number of anilines is 1. The smallest absolute Gasteiger partial charge is 0.337 e. The summed E-state index contributed by atoms with van der Waals surface area (Å²) < 4.78 is 5.60. The van der Waals surface area contributed by atoms with Gasteiger partial charge in [0.2, 0.25) is 0 Å². The number of carbonyl (C=O) groups excluding carboxylic acids is 1. The summed E-state index contributed by atoms with van der Waals surface area (Å²) in [5.74, 6) is 0.274. The van der Waals surface area contributed by atoms with Crippen LogP contribution in [0.1, 0.15) is 35.7 Å². The van der Waals surface area contributed by atoms with Crippen molar-refractivity contribution in [2.75, 3.05) is 19.5 Å². The lowest BCUT2D eigenvalue weighted by molar-refractivity contribution is -0.117. The van der Waals surface area contributed by atoms with Gasteiger partial charge in [-0.3, -0.25) is 15.6 Å². The highest BCUT2D eigenvalue weighted by Gasteiger charge is 2.20. The summed E-state index contributed by atoms with van der Waals surface area (Å²) >= 11 is 0. The zero-order chi connectivity index (χ0) is 25.5. The number of nitrogens with one attached hydrogen (secondary N) is 4. The molecule has 7 N–H and O–H groups in total. The van der Waals surface area contributed by atoms with Crippen molar-refractivity contribution in [2.24, 2.45) is 11.7 Å². The highest BCUT2D eigenvalue weighted by atomic mass is 16.5. The number of likely N-dealkylation sites (N-methyl/N-ethyl adjacent to an activating group) is 1. The van der Waals surface area contributed by atoms with Gasteiger partial charge in [-0.25, -0.2) is 4.79 Å². The Bertz CT molecular complexity index is 1240. The molecule has 0 aromatic heterocycles. The number of benzene rings is 2. The number of hydrogen-bond acceptors (Lipinski definition) is 8. The van der Waals surface area contributed by atoms with Crippen molar-refractivity contribution >= 4 is 17.6 Å². The van der Waals surface area contributed by atoms with Gasteiger partial charge in [-0.1, -0.05) is 38.0 Å². The van der Waals surface area contributed by atoms with Crippen molar-refractivity contribution in [2.45, 2.75) is 19.8 Å². The number of allylic oxidation sites excluding steroid dienone is 1. The number of rotatable bonds is 6. The summed E-state index contributed by atoms with van der Waals surface area (Å²) in [5.41, 5.74) is 13.6. The van der Waals surface area contributed by atoms with Crippen LogP contribution < -0.4 is 32.0 Å². The molecule has 1 aliphatic heterocycles. The predicted molar refractivity (Wildman–Crippen MR) is 132 cm³/mol. The first-order valence-electron chi connectivity index (χ1n) is 11.0. The van der Waals surface area contributed by atoms with Gasteiger partial charge in [0.15, 0.2) is 0 Å². The molecule has 2 aliphatic rings. The highest BCUT2D eigenvalue weighted by molar-refractivity contribution is 5.95. The number of carbonyl (C=O) groups is 2. The lowest BCUT2D eigenvalue weighted by atomic mass is 9.98. The number of carboxylic acids is 1. The fourth-order valence-corrected chi connectivity index (χ4v) is 3.25. The molecule has 2 aromatic carbocycles. The van der Waals surface area contributed by atoms with Crippen LogP contribution in [0, 0.1) is 17.2 Å². The van der Waals surface area contributed by atoms with Crippen molar-refractivity contribution in [3.63, 3.8) is 0 Å². The molecule has 10 nitrogen and oxygen atoms in total. The Kier molecular flexibility index (Phi) is 7.84. The summed E-state index contributed by atoms with van der Waals surface area (Å²) in [5, 5.41) is 24.3. The third-order valence-corrected chi connectivity index (χ3v) is 5.39. The molecule has 0 spiro atoms. The van der Waals surface area contributed by atoms with Crippen molar-refractivity contribution in [1.82, 2.24) is 16.2 Å². The fourth-order valence-electron chi connectivity index (χ4n) is 3.25. The average molecular weight is 477 g/mol. The SMILES string of the molecule is CC1CC1.CNC(=O)C1=C(Nc2cccc(-c3ccc(C(=O)O)c(C#N)c3)c2OC)C=C(N)NN1. The number of nitriles is 1. The van der Waals surface area contributed by atoms with Crippen LogP contribution in [-0.2, 0) is 4.79 Å². The number of nitrogens with zero attached hydrogens (tertiary/aromatic N) is 1. The quantitative estimate of drug-likeness (QED) is 0.368. The van der Waals surface area contributed by atoms with Crippen LogP contribution >= 0.6 is 0 Å². The molecule has 0 saturated heterocycles. The maximum atomic E-state index is 12.2. The summed E-state index contributed by atoms with van der Waals surface area (Å²) in [6.07, 6.45) is 4.53. The molecule has 0 radical (unpaired) electrons. The molecule has 4 rings (SSSR count). The van der Waals surface area contributed by atoms with E-state index in [0.29, 0.717) is 34.1 Å². The maximum absolute atomic E-state index is 12.2. The Balaban J connectivity index is 0.000000775. The van der Waals surface area contributed by atoms with Gasteiger partial charge in [0, 0.05) is 18.7 Å². The van der Waals surface area contributed by atoms with E-state index >= 15 is 0 Å². The molecule has 182 valence electrons.